The molecule has 0 aliphatic heterocycles. The highest BCUT2D eigenvalue weighted by Gasteiger charge is 2.08. The number of aryl methyl sites for hydroxylation is 2. The number of halogens is 2. The summed E-state index contributed by atoms with van der Waals surface area (Å²) < 4.78 is 14.2. The molecule has 0 aliphatic rings. The maximum atomic E-state index is 13.2. The molecule has 2 rings (SSSR count). The van der Waals surface area contributed by atoms with Gasteiger partial charge in [-0.2, -0.15) is 0 Å². The summed E-state index contributed by atoms with van der Waals surface area (Å²) in [6, 6.07) is 13.2. The summed E-state index contributed by atoms with van der Waals surface area (Å²) >= 11 is 3.44. The summed E-state index contributed by atoms with van der Waals surface area (Å²) in [6.45, 7) is 2.09. The van der Waals surface area contributed by atoms with Crippen LogP contribution in [0.3, 0.4) is 0 Å². The van der Waals surface area contributed by atoms with Crippen molar-refractivity contribution in [2.24, 2.45) is 5.73 Å². The van der Waals surface area contributed by atoms with Crippen molar-refractivity contribution in [1.29, 1.82) is 0 Å². The minimum Gasteiger partial charge on any atom is -0.327 e. The van der Waals surface area contributed by atoms with Gasteiger partial charge in [0, 0.05) is 10.5 Å². The highest BCUT2D eigenvalue weighted by atomic mass is 79.9. The standard InChI is InChI=1S/C17H19BrFN/c1-12-3-2-4-13(9-12)5-7-16(20)11-14-10-15(19)6-8-17(14)18/h2-4,6,8-10,16H,5,7,11,20H2,1H3. The van der Waals surface area contributed by atoms with Crippen molar-refractivity contribution in [3.8, 4) is 0 Å². The molecule has 0 saturated carbocycles. The summed E-state index contributed by atoms with van der Waals surface area (Å²) in [7, 11) is 0. The molecule has 0 fully saturated rings. The Morgan fingerprint density at radius 2 is 2.00 bits per heavy atom. The molecule has 1 atom stereocenters. The van der Waals surface area contributed by atoms with E-state index in [1.54, 1.807) is 12.1 Å². The smallest absolute Gasteiger partial charge is 0.123 e. The van der Waals surface area contributed by atoms with Crippen molar-refractivity contribution < 1.29 is 4.39 Å². The van der Waals surface area contributed by atoms with E-state index >= 15 is 0 Å². The molecule has 1 nitrogen and oxygen atoms in total. The Kier molecular flexibility index (Phi) is 5.32. The number of rotatable bonds is 5. The molecular formula is C17H19BrFN. The average molecular weight is 336 g/mol. The lowest BCUT2D eigenvalue weighted by Crippen LogP contribution is -2.23. The van der Waals surface area contributed by atoms with Crippen LogP contribution in [-0.2, 0) is 12.8 Å². The van der Waals surface area contributed by atoms with Gasteiger partial charge < -0.3 is 5.73 Å². The Labute approximate surface area is 128 Å². The fraction of sp³-hybridized carbons (Fsp3) is 0.294. The second kappa shape index (κ2) is 7.00. The zero-order valence-electron chi connectivity index (χ0n) is 11.6. The fourth-order valence-corrected chi connectivity index (χ4v) is 2.71. The number of benzene rings is 2. The minimum absolute atomic E-state index is 0.0358. The topological polar surface area (TPSA) is 26.0 Å². The van der Waals surface area contributed by atoms with E-state index in [1.807, 2.05) is 0 Å². The molecule has 20 heavy (non-hydrogen) atoms. The quantitative estimate of drug-likeness (QED) is 0.860. The molecule has 0 amide bonds. The summed E-state index contributed by atoms with van der Waals surface area (Å²) in [5, 5.41) is 0. The van der Waals surface area contributed by atoms with Crippen molar-refractivity contribution in [2.75, 3.05) is 0 Å². The van der Waals surface area contributed by atoms with Crippen molar-refractivity contribution in [2.45, 2.75) is 32.2 Å². The van der Waals surface area contributed by atoms with Crippen LogP contribution in [-0.4, -0.2) is 6.04 Å². The van der Waals surface area contributed by atoms with Gasteiger partial charge in [0.15, 0.2) is 0 Å². The Bertz CT molecular complexity index is 583. The van der Waals surface area contributed by atoms with E-state index in [9.17, 15) is 4.39 Å². The zero-order valence-corrected chi connectivity index (χ0v) is 13.2. The van der Waals surface area contributed by atoms with Gasteiger partial charge in [-0.05, 0) is 55.5 Å². The minimum atomic E-state index is -0.214. The summed E-state index contributed by atoms with van der Waals surface area (Å²) in [4.78, 5) is 0. The summed E-state index contributed by atoms with van der Waals surface area (Å²) in [6.07, 6.45) is 2.53. The molecule has 0 heterocycles. The molecule has 3 heteroatoms. The third-order valence-electron chi connectivity index (χ3n) is 3.38. The van der Waals surface area contributed by atoms with Crippen LogP contribution in [0.4, 0.5) is 4.39 Å². The van der Waals surface area contributed by atoms with Crippen LogP contribution in [0.25, 0.3) is 0 Å². The van der Waals surface area contributed by atoms with E-state index in [0.717, 1.165) is 22.9 Å². The zero-order chi connectivity index (χ0) is 14.5. The molecule has 0 radical (unpaired) electrons. The van der Waals surface area contributed by atoms with E-state index in [1.165, 1.54) is 17.2 Å². The lowest BCUT2D eigenvalue weighted by Gasteiger charge is -2.13. The van der Waals surface area contributed by atoms with E-state index in [2.05, 4.69) is 47.1 Å². The predicted molar refractivity (Wildman–Crippen MR) is 85.3 cm³/mol. The maximum Gasteiger partial charge on any atom is 0.123 e. The van der Waals surface area contributed by atoms with Crippen molar-refractivity contribution >= 4 is 15.9 Å². The lowest BCUT2D eigenvalue weighted by molar-refractivity contribution is 0.597. The van der Waals surface area contributed by atoms with Gasteiger partial charge in [-0.1, -0.05) is 45.8 Å². The average Bonchev–Trinajstić information content (AvgIpc) is 2.41. The Balaban J connectivity index is 1.92. The molecule has 2 aromatic carbocycles. The molecule has 0 spiro atoms. The molecule has 0 bridgehead atoms. The lowest BCUT2D eigenvalue weighted by atomic mass is 9.99. The van der Waals surface area contributed by atoms with Gasteiger partial charge in [0.2, 0.25) is 0 Å². The van der Waals surface area contributed by atoms with E-state index < -0.39 is 0 Å². The van der Waals surface area contributed by atoms with Crippen molar-refractivity contribution in [3.05, 3.63) is 69.4 Å². The van der Waals surface area contributed by atoms with Gasteiger partial charge in [-0.15, -0.1) is 0 Å². The number of hydrogen-bond acceptors (Lipinski definition) is 1. The first-order chi connectivity index (χ1) is 9.54. The molecule has 0 aromatic heterocycles. The van der Waals surface area contributed by atoms with Crippen LogP contribution in [0.15, 0.2) is 46.9 Å². The molecule has 0 aliphatic carbocycles. The normalized spacial score (nSPS) is 12.4. The Morgan fingerprint density at radius 1 is 1.20 bits per heavy atom. The second-order valence-electron chi connectivity index (χ2n) is 5.23. The van der Waals surface area contributed by atoms with Crippen LogP contribution < -0.4 is 5.73 Å². The van der Waals surface area contributed by atoms with Crippen LogP contribution in [0.2, 0.25) is 0 Å². The molecule has 2 aromatic rings. The van der Waals surface area contributed by atoms with Crippen LogP contribution in [0, 0.1) is 12.7 Å². The largest absolute Gasteiger partial charge is 0.327 e. The number of hydrogen-bond donors (Lipinski definition) is 1. The Hall–Kier alpha value is -1.19. The van der Waals surface area contributed by atoms with Gasteiger partial charge in [0.1, 0.15) is 5.82 Å². The summed E-state index contributed by atoms with van der Waals surface area (Å²) in [5.74, 6) is -0.214. The van der Waals surface area contributed by atoms with Crippen molar-refractivity contribution in [3.63, 3.8) is 0 Å². The van der Waals surface area contributed by atoms with E-state index in [-0.39, 0.29) is 11.9 Å². The fourth-order valence-electron chi connectivity index (χ4n) is 2.30. The van der Waals surface area contributed by atoms with Gasteiger partial charge in [-0.3, -0.25) is 0 Å². The van der Waals surface area contributed by atoms with Gasteiger partial charge in [0.25, 0.3) is 0 Å². The molecule has 0 saturated heterocycles. The van der Waals surface area contributed by atoms with E-state index in [0.29, 0.717) is 6.42 Å². The first-order valence-electron chi connectivity index (χ1n) is 6.79. The highest BCUT2D eigenvalue weighted by Crippen LogP contribution is 2.20. The number of nitrogens with two attached hydrogens (primary N) is 1. The third kappa shape index (κ3) is 4.43. The molecule has 1 unspecified atom stereocenters. The van der Waals surface area contributed by atoms with Crippen LogP contribution in [0.5, 0.6) is 0 Å². The Morgan fingerprint density at radius 3 is 2.75 bits per heavy atom. The maximum absolute atomic E-state index is 13.2. The van der Waals surface area contributed by atoms with Crippen LogP contribution >= 0.6 is 15.9 Å². The van der Waals surface area contributed by atoms with Gasteiger partial charge >= 0.3 is 0 Å². The molecule has 2 N–H and O–H groups in total. The SMILES string of the molecule is Cc1cccc(CCC(N)Cc2cc(F)ccc2Br)c1. The van der Waals surface area contributed by atoms with Crippen LogP contribution in [0.1, 0.15) is 23.1 Å². The van der Waals surface area contributed by atoms with Gasteiger partial charge in [-0.25, -0.2) is 4.39 Å². The molecule has 106 valence electrons. The van der Waals surface area contributed by atoms with Crippen molar-refractivity contribution in [1.82, 2.24) is 0 Å². The third-order valence-corrected chi connectivity index (χ3v) is 4.15. The van der Waals surface area contributed by atoms with Gasteiger partial charge in [0.05, 0.1) is 0 Å². The molecular weight excluding hydrogens is 317 g/mol. The monoisotopic (exact) mass is 335 g/mol. The highest BCUT2D eigenvalue weighted by molar-refractivity contribution is 9.10. The van der Waals surface area contributed by atoms with E-state index in [4.69, 9.17) is 5.73 Å². The first kappa shape index (κ1) is 15.2. The summed E-state index contributed by atoms with van der Waals surface area (Å²) in [5.41, 5.74) is 9.67. The first-order valence-corrected chi connectivity index (χ1v) is 7.59. The predicted octanol–water partition coefficient (Wildman–Crippen LogP) is 4.40. The second-order valence-corrected chi connectivity index (χ2v) is 6.08.